The first kappa shape index (κ1) is 7.53. The van der Waals surface area contributed by atoms with E-state index in [0.29, 0.717) is 19.4 Å². The molecule has 1 saturated heterocycles. The minimum Gasteiger partial charge on any atom is -0.380 e. The third-order valence-corrected chi connectivity index (χ3v) is 2.83. The second kappa shape index (κ2) is 2.19. The molecule has 0 amide bonds. The normalized spacial score (nSPS) is 34.2. The molecule has 2 aliphatic rings. The van der Waals surface area contributed by atoms with Crippen LogP contribution in [0.3, 0.4) is 0 Å². The van der Waals surface area contributed by atoms with Crippen LogP contribution >= 0.6 is 0 Å². The number of carbonyl (C=O) groups is 2. The highest BCUT2D eigenvalue weighted by Gasteiger charge is 2.44. The minimum absolute atomic E-state index is 0.129. The number of allylic oxidation sites excluding steroid dienone is 2. The van der Waals surface area contributed by atoms with Crippen LogP contribution in [-0.4, -0.2) is 18.1 Å². The molecule has 0 spiro atoms. The summed E-state index contributed by atoms with van der Waals surface area (Å²) in [6, 6.07) is 0. The predicted molar refractivity (Wildman–Crippen MR) is 43.4 cm³/mol. The lowest BCUT2D eigenvalue weighted by Gasteiger charge is -2.25. The molecule has 64 valence electrons. The molecule has 1 atom stereocenters. The van der Waals surface area contributed by atoms with Crippen LogP contribution in [-0.2, 0) is 9.59 Å². The Hall–Kier alpha value is -1.12. The number of nitrogens with one attached hydrogen (secondary N) is 1. The second-order valence-corrected chi connectivity index (χ2v) is 3.63. The third kappa shape index (κ3) is 0.823. The quantitative estimate of drug-likeness (QED) is 0.565. The first-order valence-electron chi connectivity index (χ1n) is 4.15. The smallest absolute Gasteiger partial charge is 0.163 e. The van der Waals surface area contributed by atoms with Crippen molar-refractivity contribution in [1.82, 2.24) is 5.32 Å². The monoisotopic (exact) mass is 165 g/mol. The van der Waals surface area contributed by atoms with Crippen molar-refractivity contribution >= 4 is 11.6 Å². The fraction of sp³-hybridized carbons (Fsp3) is 0.556. The zero-order chi connectivity index (χ0) is 8.77. The summed E-state index contributed by atoms with van der Waals surface area (Å²) in [6.07, 6.45) is 2.76. The van der Waals surface area contributed by atoms with Gasteiger partial charge in [0, 0.05) is 18.2 Å². The highest BCUT2D eigenvalue weighted by Crippen LogP contribution is 2.38. The summed E-state index contributed by atoms with van der Waals surface area (Å²) in [4.78, 5) is 22.4. The molecule has 0 aromatic heterocycles. The molecule has 1 aliphatic heterocycles. The van der Waals surface area contributed by atoms with Gasteiger partial charge in [-0.2, -0.15) is 0 Å². The van der Waals surface area contributed by atoms with Crippen LogP contribution < -0.4 is 5.32 Å². The molecule has 2 rings (SSSR count). The summed E-state index contributed by atoms with van der Waals surface area (Å²) in [5, 5.41) is 2.97. The van der Waals surface area contributed by atoms with Crippen LogP contribution in [0, 0.1) is 5.41 Å². The summed E-state index contributed by atoms with van der Waals surface area (Å²) in [7, 11) is 0. The fourth-order valence-corrected chi connectivity index (χ4v) is 1.81. The van der Waals surface area contributed by atoms with E-state index in [1.807, 2.05) is 6.92 Å². The Balaban J connectivity index is 2.43. The zero-order valence-electron chi connectivity index (χ0n) is 7.02. The maximum Gasteiger partial charge on any atom is 0.163 e. The van der Waals surface area contributed by atoms with Gasteiger partial charge in [0.05, 0.1) is 12.0 Å². The van der Waals surface area contributed by atoms with Crippen molar-refractivity contribution in [1.29, 1.82) is 0 Å². The average molecular weight is 165 g/mol. The maximum atomic E-state index is 11.4. The van der Waals surface area contributed by atoms with E-state index in [1.165, 1.54) is 0 Å². The summed E-state index contributed by atoms with van der Waals surface area (Å²) in [5.41, 5.74) is 0.442. The van der Waals surface area contributed by atoms with E-state index in [4.69, 9.17) is 0 Å². The first-order chi connectivity index (χ1) is 5.63. The lowest BCUT2D eigenvalue weighted by Crippen LogP contribution is -2.29. The van der Waals surface area contributed by atoms with Gasteiger partial charge in [-0.1, -0.05) is 0 Å². The molecule has 1 aliphatic carbocycles. The molecule has 0 aromatic carbocycles. The van der Waals surface area contributed by atoms with Gasteiger partial charge in [-0.15, -0.1) is 0 Å². The van der Waals surface area contributed by atoms with Gasteiger partial charge in [-0.25, -0.2) is 0 Å². The lowest BCUT2D eigenvalue weighted by atomic mass is 9.77. The number of hydrogen-bond donors (Lipinski definition) is 1. The van der Waals surface area contributed by atoms with Crippen LogP contribution in [0.4, 0.5) is 0 Å². The third-order valence-electron chi connectivity index (χ3n) is 2.83. The summed E-state index contributed by atoms with van der Waals surface area (Å²) in [6.45, 7) is 2.29. The van der Waals surface area contributed by atoms with Gasteiger partial charge in [0.25, 0.3) is 0 Å². The first-order valence-corrected chi connectivity index (χ1v) is 4.15. The number of hydrogen-bond acceptors (Lipinski definition) is 3. The second-order valence-electron chi connectivity index (χ2n) is 3.63. The number of carbonyl (C=O) groups excluding carboxylic acids is 2. The van der Waals surface area contributed by atoms with Crippen LogP contribution in [0.15, 0.2) is 11.8 Å². The Morgan fingerprint density at radius 1 is 1.50 bits per heavy atom. The number of Topliss-reactive ketones (excluding diaryl/α,β-unsaturated/α-hetero) is 1. The van der Waals surface area contributed by atoms with Gasteiger partial charge in [-0.05, 0) is 13.3 Å². The summed E-state index contributed by atoms with van der Waals surface area (Å²) < 4.78 is 0. The molecule has 0 saturated carbocycles. The average Bonchev–Trinajstić information content (AvgIpc) is 2.31. The standard InChI is InChI=1S/C9H11NO2/c1-9-3-2-6(11)4-7(9)10-5-8(9)12/h4,10H,2-3,5H2,1H3. The number of rotatable bonds is 0. The van der Waals surface area contributed by atoms with Gasteiger partial charge >= 0.3 is 0 Å². The molecular weight excluding hydrogens is 154 g/mol. The zero-order valence-corrected chi connectivity index (χ0v) is 7.02. The Bertz CT molecular complexity index is 293. The highest BCUT2D eigenvalue weighted by molar-refractivity contribution is 5.99. The minimum atomic E-state index is -0.381. The maximum absolute atomic E-state index is 11.4. The summed E-state index contributed by atoms with van der Waals surface area (Å²) >= 11 is 0. The van der Waals surface area contributed by atoms with E-state index in [9.17, 15) is 9.59 Å². The van der Waals surface area contributed by atoms with Crippen molar-refractivity contribution in [3.05, 3.63) is 11.8 Å². The molecule has 12 heavy (non-hydrogen) atoms. The van der Waals surface area contributed by atoms with E-state index in [2.05, 4.69) is 5.32 Å². The van der Waals surface area contributed by atoms with Gasteiger partial charge in [0.1, 0.15) is 0 Å². The van der Waals surface area contributed by atoms with Gasteiger partial charge in [-0.3, -0.25) is 9.59 Å². The molecule has 1 heterocycles. The lowest BCUT2D eigenvalue weighted by molar-refractivity contribution is -0.124. The topological polar surface area (TPSA) is 46.2 Å². The molecule has 0 radical (unpaired) electrons. The van der Waals surface area contributed by atoms with Crippen LogP contribution in [0.25, 0.3) is 0 Å². The van der Waals surface area contributed by atoms with Gasteiger partial charge in [0.2, 0.25) is 0 Å². The van der Waals surface area contributed by atoms with E-state index in [1.54, 1.807) is 6.08 Å². The largest absolute Gasteiger partial charge is 0.380 e. The van der Waals surface area contributed by atoms with E-state index in [-0.39, 0.29) is 17.0 Å². The molecule has 1 N–H and O–H groups in total. The number of ketones is 2. The van der Waals surface area contributed by atoms with Gasteiger partial charge < -0.3 is 5.32 Å². The Morgan fingerprint density at radius 3 is 3.00 bits per heavy atom. The molecule has 1 fully saturated rings. The molecule has 1 unspecified atom stereocenters. The predicted octanol–water partition coefficient (Wildman–Crippen LogP) is 0.412. The van der Waals surface area contributed by atoms with Crippen molar-refractivity contribution in [3.63, 3.8) is 0 Å². The van der Waals surface area contributed by atoms with Crippen molar-refractivity contribution in [3.8, 4) is 0 Å². The van der Waals surface area contributed by atoms with E-state index in [0.717, 1.165) is 5.70 Å². The van der Waals surface area contributed by atoms with Crippen LogP contribution in [0.1, 0.15) is 19.8 Å². The Kier molecular flexibility index (Phi) is 1.37. The molecule has 0 aromatic rings. The highest BCUT2D eigenvalue weighted by atomic mass is 16.1. The van der Waals surface area contributed by atoms with Crippen molar-refractivity contribution in [2.45, 2.75) is 19.8 Å². The van der Waals surface area contributed by atoms with Crippen LogP contribution in [0.2, 0.25) is 0 Å². The SMILES string of the molecule is CC12CCC(=O)C=C1NCC2=O. The Morgan fingerprint density at radius 2 is 2.25 bits per heavy atom. The summed E-state index contributed by atoms with van der Waals surface area (Å²) in [5.74, 6) is 0.339. The van der Waals surface area contributed by atoms with Crippen LogP contribution in [0.5, 0.6) is 0 Å². The van der Waals surface area contributed by atoms with Crippen molar-refractivity contribution in [2.75, 3.05) is 6.54 Å². The van der Waals surface area contributed by atoms with Crippen molar-refractivity contribution < 1.29 is 9.59 Å². The molecule has 3 nitrogen and oxygen atoms in total. The molecular formula is C9H11NO2. The molecule has 0 bridgehead atoms. The Labute approximate surface area is 70.8 Å². The molecule has 3 heteroatoms. The van der Waals surface area contributed by atoms with E-state index >= 15 is 0 Å². The van der Waals surface area contributed by atoms with Crippen molar-refractivity contribution in [2.24, 2.45) is 5.41 Å². The number of fused-ring (bicyclic) bond motifs is 1. The fourth-order valence-electron chi connectivity index (χ4n) is 1.81. The van der Waals surface area contributed by atoms with E-state index < -0.39 is 0 Å². The van der Waals surface area contributed by atoms with Gasteiger partial charge in [0.15, 0.2) is 11.6 Å².